The number of aryl methyl sites for hydroxylation is 2. The summed E-state index contributed by atoms with van der Waals surface area (Å²) in [6.45, 7) is 3.18. The van der Waals surface area contributed by atoms with Gasteiger partial charge in [-0.25, -0.2) is 0 Å². The molecule has 1 amide bonds. The lowest BCUT2D eigenvalue weighted by atomic mass is 10.0. The third kappa shape index (κ3) is 7.59. The number of amides is 1. The van der Waals surface area contributed by atoms with E-state index in [0.717, 1.165) is 44.5 Å². The van der Waals surface area contributed by atoms with Gasteiger partial charge in [-0.1, -0.05) is 36.4 Å². The molecule has 1 aliphatic heterocycles. The van der Waals surface area contributed by atoms with E-state index in [1.165, 1.54) is 24.1 Å². The second kappa shape index (κ2) is 11.7. The van der Waals surface area contributed by atoms with E-state index < -0.39 is 0 Å². The summed E-state index contributed by atoms with van der Waals surface area (Å²) < 4.78 is 0. The van der Waals surface area contributed by atoms with Gasteiger partial charge >= 0.3 is 0 Å². The van der Waals surface area contributed by atoms with E-state index in [1.54, 1.807) is 6.07 Å². The van der Waals surface area contributed by atoms with Gasteiger partial charge in [0.05, 0.1) is 0 Å². The van der Waals surface area contributed by atoms with Crippen LogP contribution in [0.4, 0.5) is 0 Å². The minimum atomic E-state index is -0.141. The van der Waals surface area contributed by atoms with E-state index in [-0.39, 0.29) is 35.9 Å². The largest absolute Gasteiger partial charge is 0.504 e. The third-order valence-corrected chi connectivity index (χ3v) is 5.42. The smallest absolute Gasteiger partial charge is 0.220 e. The lowest BCUT2D eigenvalue weighted by molar-refractivity contribution is -0.122. The Labute approximate surface area is 179 Å². The lowest BCUT2D eigenvalue weighted by Gasteiger charge is -2.32. The standard InChI is InChI=1S/C23H30N2O3.ClH/c26-21-10-8-19(17-22(21)27)9-11-23(28)24-20-12-15-25(16-13-20)14-4-7-18-5-2-1-3-6-18;/h1-3,5-6,8,10,17,20,26-27H,4,7,9,11-16H2,(H,24,28);1H. The van der Waals surface area contributed by atoms with E-state index in [0.29, 0.717) is 12.8 Å². The second-order valence-electron chi connectivity index (χ2n) is 7.60. The van der Waals surface area contributed by atoms with Crippen molar-refractivity contribution in [3.8, 4) is 11.5 Å². The van der Waals surface area contributed by atoms with Gasteiger partial charge < -0.3 is 20.4 Å². The average molecular weight is 419 g/mol. The first-order valence-electron chi connectivity index (χ1n) is 10.2. The molecule has 6 heteroatoms. The normalized spacial score (nSPS) is 14.9. The molecule has 2 aromatic rings. The van der Waals surface area contributed by atoms with Crippen LogP contribution < -0.4 is 5.32 Å². The van der Waals surface area contributed by atoms with E-state index in [4.69, 9.17) is 0 Å². The van der Waals surface area contributed by atoms with Crippen LogP contribution in [-0.4, -0.2) is 46.7 Å². The molecule has 158 valence electrons. The van der Waals surface area contributed by atoms with Crippen molar-refractivity contribution < 1.29 is 15.0 Å². The maximum atomic E-state index is 12.2. The number of benzene rings is 2. The number of phenols is 2. The number of hydrogen-bond acceptors (Lipinski definition) is 4. The van der Waals surface area contributed by atoms with Crippen LogP contribution in [0, 0.1) is 0 Å². The Morgan fingerprint density at radius 2 is 1.69 bits per heavy atom. The van der Waals surface area contributed by atoms with Crippen molar-refractivity contribution in [1.29, 1.82) is 0 Å². The monoisotopic (exact) mass is 418 g/mol. The van der Waals surface area contributed by atoms with Gasteiger partial charge in [0.1, 0.15) is 0 Å². The fraction of sp³-hybridized carbons (Fsp3) is 0.435. The molecule has 0 radical (unpaired) electrons. The number of nitrogens with one attached hydrogen (secondary N) is 1. The first-order valence-corrected chi connectivity index (χ1v) is 10.2. The van der Waals surface area contributed by atoms with E-state index in [1.807, 2.05) is 0 Å². The van der Waals surface area contributed by atoms with Gasteiger partial charge in [-0.05, 0) is 61.9 Å². The predicted octanol–water partition coefficient (Wildman–Crippen LogP) is 3.67. The van der Waals surface area contributed by atoms with Crippen LogP contribution in [0.3, 0.4) is 0 Å². The molecule has 0 saturated carbocycles. The van der Waals surface area contributed by atoms with Gasteiger partial charge in [-0.2, -0.15) is 0 Å². The molecule has 1 fully saturated rings. The van der Waals surface area contributed by atoms with Crippen LogP contribution in [0.5, 0.6) is 11.5 Å². The highest BCUT2D eigenvalue weighted by molar-refractivity contribution is 5.85. The molecule has 0 bridgehead atoms. The third-order valence-electron chi connectivity index (χ3n) is 5.42. The van der Waals surface area contributed by atoms with Crippen molar-refractivity contribution in [2.45, 2.75) is 44.6 Å². The number of rotatable bonds is 8. The average Bonchev–Trinajstić information content (AvgIpc) is 2.71. The Hall–Kier alpha value is -2.24. The second-order valence-corrected chi connectivity index (χ2v) is 7.60. The van der Waals surface area contributed by atoms with E-state index >= 15 is 0 Å². The molecule has 1 aliphatic rings. The number of carbonyl (C=O) groups is 1. The predicted molar refractivity (Wildman–Crippen MR) is 118 cm³/mol. The highest BCUT2D eigenvalue weighted by Gasteiger charge is 2.20. The summed E-state index contributed by atoms with van der Waals surface area (Å²) in [7, 11) is 0. The van der Waals surface area contributed by atoms with Crippen LogP contribution in [0.1, 0.15) is 36.8 Å². The number of phenolic OH excluding ortho intramolecular Hbond substituents is 2. The Morgan fingerprint density at radius 3 is 2.38 bits per heavy atom. The van der Waals surface area contributed by atoms with E-state index in [2.05, 4.69) is 40.5 Å². The first kappa shape index (κ1) is 23.0. The molecule has 0 atom stereocenters. The number of carbonyl (C=O) groups excluding carboxylic acids is 1. The molecule has 0 aromatic heterocycles. The van der Waals surface area contributed by atoms with Crippen LogP contribution >= 0.6 is 12.4 Å². The van der Waals surface area contributed by atoms with Gasteiger partial charge in [0, 0.05) is 25.6 Å². The molecule has 2 aromatic carbocycles. The molecule has 0 unspecified atom stereocenters. The topological polar surface area (TPSA) is 72.8 Å². The minimum absolute atomic E-state index is 0. The summed E-state index contributed by atoms with van der Waals surface area (Å²) in [5, 5.41) is 22.0. The zero-order valence-electron chi connectivity index (χ0n) is 16.7. The number of halogens is 1. The highest BCUT2D eigenvalue weighted by atomic mass is 35.5. The Morgan fingerprint density at radius 1 is 0.966 bits per heavy atom. The molecule has 1 saturated heterocycles. The molecular weight excluding hydrogens is 388 g/mol. The van der Waals surface area contributed by atoms with Gasteiger partial charge in [0.25, 0.3) is 0 Å². The molecule has 0 spiro atoms. The molecule has 5 nitrogen and oxygen atoms in total. The minimum Gasteiger partial charge on any atom is -0.504 e. The number of piperidine rings is 1. The SMILES string of the molecule is Cl.O=C(CCc1ccc(O)c(O)c1)NC1CCN(CCCc2ccccc2)CC1. The number of likely N-dealkylation sites (tertiary alicyclic amines) is 1. The molecule has 3 N–H and O–H groups in total. The maximum Gasteiger partial charge on any atom is 0.220 e. The van der Waals surface area contributed by atoms with Gasteiger partial charge in [0.15, 0.2) is 11.5 Å². The van der Waals surface area contributed by atoms with Crippen molar-refractivity contribution in [3.05, 3.63) is 59.7 Å². The Balaban J connectivity index is 0.00000300. The summed E-state index contributed by atoms with van der Waals surface area (Å²) >= 11 is 0. The zero-order valence-corrected chi connectivity index (χ0v) is 17.5. The highest BCUT2D eigenvalue weighted by Crippen LogP contribution is 2.25. The summed E-state index contributed by atoms with van der Waals surface area (Å²) in [4.78, 5) is 14.7. The maximum absolute atomic E-state index is 12.2. The Kier molecular flexibility index (Phi) is 9.29. The summed E-state index contributed by atoms with van der Waals surface area (Å²) in [5.74, 6) is -0.226. The summed E-state index contributed by atoms with van der Waals surface area (Å²) in [5.41, 5.74) is 2.24. The fourth-order valence-electron chi connectivity index (χ4n) is 3.73. The molecule has 29 heavy (non-hydrogen) atoms. The van der Waals surface area contributed by atoms with Crippen molar-refractivity contribution in [1.82, 2.24) is 10.2 Å². The number of hydrogen-bond donors (Lipinski definition) is 3. The van der Waals surface area contributed by atoms with Gasteiger partial charge in [-0.15, -0.1) is 12.4 Å². The summed E-state index contributed by atoms with van der Waals surface area (Å²) in [6, 6.07) is 15.6. The van der Waals surface area contributed by atoms with Crippen LogP contribution in [-0.2, 0) is 17.6 Å². The molecule has 1 heterocycles. The van der Waals surface area contributed by atoms with Crippen LogP contribution in [0.25, 0.3) is 0 Å². The fourth-order valence-corrected chi connectivity index (χ4v) is 3.73. The molecular formula is C23H31ClN2O3. The van der Waals surface area contributed by atoms with Crippen molar-refractivity contribution >= 4 is 18.3 Å². The van der Waals surface area contributed by atoms with Gasteiger partial charge in [0.2, 0.25) is 5.91 Å². The van der Waals surface area contributed by atoms with Gasteiger partial charge in [-0.3, -0.25) is 4.79 Å². The van der Waals surface area contributed by atoms with Crippen LogP contribution in [0.15, 0.2) is 48.5 Å². The first-order chi connectivity index (χ1) is 13.6. The van der Waals surface area contributed by atoms with E-state index in [9.17, 15) is 15.0 Å². The Bertz CT molecular complexity index is 762. The molecule has 0 aliphatic carbocycles. The molecule has 3 rings (SSSR count). The summed E-state index contributed by atoms with van der Waals surface area (Å²) in [6.07, 6.45) is 5.22. The van der Waals surface area contributed by atoms with Crippen molar-refractivity contribution in [2.24, 2.45) is 0 Å². The number of aromatic hydroxyl groups is 2. The van der Waals surface area contributed by atoms with Crippen molar-refractivity contribution in [2.75, 3.05) is 19.6 Å². The number of nitrogens with zero attached hydrogens (tertiary/aromatic N) is 1. The van der Waals surface area contributed by atoms with Crippen molar-refractivity contribution in [3.63, 3.8) is 0 Å². The zero-order chi connectivity index (χ0) is 19.8. The lowest BCUT2D eigenvalue weighted by Crippen LogP contribution is -2.44. The van der Waals surface area contributed by atoms with Crippen LogP contribution in [0.2, 0.25) is 0 Å². The quantitative estimate of drug-likeness (QED) is 0.572.